The lowest BCUT2D eigenvalue weighted by atomic mass is 9.93. The number of rotatable bonds is 5. The van der Waals surface area contributed by atoms with Crippen LogP contribution in [0.4, 0.5) is 0 Å². The topological polar surface area (TPSA) is 70.5 Å². The molecule has 5 nitrogen and oxygen atoms in total. The fraction of sp³-hybridized carbons (Fsp3) is 0.192. The number of aliphatic hydroxyl groups excluding tert-OH is 1. The van der Waals surface area contributed by atoms with E-state index in [1.165, 1.54) is 4.90 Å². The summed E-state index contributed by atoms with van der Waals surface area (Å²) in [7, 11) is 0. The minimum atomic E-state index is -0.716. The van der Waals surface area contributed by atoms with Gasteiger partial charge in [0, 0.05) is 29.5 Å². The van der Waals surface area contributed by atoms with Gasteiger partial charge in [0.25, 0.3) is 11.7 Å². The summed E-state index contributed by atoms with van der Waals surface area (Å²) in [5.41, 5.74) is 3.20. The van der Waals surface area contributed by atoms with Crippen molar-refractivity contribution in [3.8, 4) is 0 Å². The molecule has 1 N–H and O–H groups in total. The molecule has 6 heteroatoms. The van der Waals surface area contributed by atoms with E-state index in [0.29, 0.717) is 16.5 Å². The molecule has 0 bridgehead atoms. The van der Waals surface area contributed by atoms with E-state index in [-0.39, 0.29) is 17.9 Å². The van der Waals surface area contributed by atoms with Gasteiger partial charge >= 0.3 is 0 Å². The molecule has 2 aromatic carbocycles. The fourth-order valence-corrected chi connectivity index (χ4v) is 4.03. The third-order valence-electron chi connectivity index (χ3n) is 5.65. The van der Waals surface area contributed by atoms with E-state index < -0.39 is 17.7 Å². The zero-order valence-electron chi connectivity index (χ0n) is 17.8. The van der Waals surface area contributed by atoms with Crippen molar-refractivity contribution in [3.05, 3.63) is 106 Å². The van der Waals surface area contributed by atoms with Crippen LogP contribution in [0.1, 0.15) is 48.1 Å². The Balaban J connectivity index is 1.84. The summed E-state index contributed by atoms with van der Waals surface area (Å²) < 4.78 is 0. The summed E-state index contributed by atoms with van der Waals surface area (Å²) in [4.78, 5) is 31.8. The van der Waals surface area contributed by atoms with Crippen LogP contribution in [0.25, 0.3) is 5.76 Å². The molecule has 1 fully saturated rings. The Bertz CT molecular complexity index is 1170. The number of aliphatic hydroxyl groups is 1. The van der Waals surface area contributed by atoms with E-state index in [9.17, 15) is 14.7 Å². The quantitative estimate of drug-likeness (QED) is 0.320. The van der Waals surface area contributed by atoms with Crippen molar-refractivity contribution < 1.29 is 14.7 Å². The summed E-state index contributed by atoms with van der Waals surface area (Å²) in [6.07, 6.45) is 3.32. The van der Waals surface area contributed by atoms with Gasteiger partial charge in [-0.25, -0.2) is 0 Å². The van der Waals surface area contributed by atoms with Gasteiger partial charge in [-0.2, -0.15) is 0 Å². The van der Waals surface area contributed by atoms with Gasteiger partial charge in [-0.05, 0) is 52.9 Å². The number of aromatic nitrogens is 1. The zero-order chi connectivity index (χ0) is 22.8. The minimum absolute atomic E-state index is 0.0681. The Labute approximate surface area is 192 Å². The summed E-state index contributed by atoms with van der Waals surface area (Å²) >= 11 is 5.97. The predicted octanol–water partition coefficient (Wildman–Crippen LogP) is 5.48. The third-order valence-corrected chi connectivity index (χ3v) is 5.90. The maximum atomic E-state index is 13.1. The number of halogens is 1. The summed E-state index contributed by atoms with van der Waals surface area (Å²) in [5, 5.41) is 11.6. The van der Waals surface area contributed by atoms with Crippen LogP contribution >= 0.6 is 11.6 Å². The number of ketones is 1. The monoisotopic (exact) mass is 446 g/mol. The molecule has 0 saturated carbocycles. The van der Waals surface area contributed by atoms with E-state index in [1.54, 1.807) is 42.7 Å². The van der Waals surface area contributed by atoms with Crippen LogP contribution in [0.2, 0.25) is 5.02 Å². The second-order valence-corrected chi connectivity index (χ2v) is 8.55. The van der Waals surface area contributed by atoms with Gasteiger partial charge in [0.1, 0.15) is 5.76 Å². The number of nitrogens with zero attached hydrogens (tertiary/aromatic N) is 2. The number of carbonyl (C=O) groups is 2. The largest absolute Gasteiger partial charge is 0.507 e. The average Bonchev–Trinajstić information content (AvgIpc) is 3.05. The molecule has 3 aromatic rings. The highest BCUT2D eigenvalue weighted by atomic mass is 35.5. The van der Waals surface area contributed by atoms with Gasteiger partial charge < -0.3 is 10.0 Å². The van der Waals surface area contributed by atoms with Crippen LogP contribution in [0.5, 0.6) is 0 Å². The second kappa shape index (κ2) is 8.97. The number of carbonyl (C=O) groups excluding carboxylic acids is 2. The Hall–Kier alpha value is -3.44. The molecule has 0 spiro atoms. The lowest BCUT2D eigenvalue weighted by Crippen LogP contribution is -2.29. The average molecular weight is 447 g/mol. The summed E-state index contributed by atoms with van der Waals surface area (Å²) in [6, 6.07) is 17.3. The van der Waals surface area contributed by atoms with Gasteiger partial charge in [0.05, 0.1) is 11.6 Å². The number of benzene rings is 2. The number of pyridine rings is 1. The maximum absolute atomic E-state index is 13.1. The smallest absolute Gasteiger partial charge is 0.295 e. The molecule has 1 atom stereocenters. The highest BCUT2D eigenvalue weighted by molar-refractivity contribution is 6.46. The molecule has 1 aromatic heterocycles. The maximum Gasteiger partial charge on any atom is 0.295 e. The van der Waals surface area contributed by atoms with Crippen LogP contribution in [0.15, 0.2) is 78.6 Å². The van der Waals surface area contributed by atoms with Gasteiger partial charge in [-0.1, -0.05) is 55.8 Å². The minimum Gasteiger partial charge on any atom is -0.507 e. The summed E-state index contributed by atoms with van der Waals surface area (Å²) in [6.45, 7) is 4.40. The van der Waals surface area contributed by atoms with E-state index in [1.807, 2.05) is 30.3 Å². The summed E-state index contributed by atoms with van der Waals surface area (Å²) in [5.74, 6) is -1.23. The normalized spacial score (nSPS) is 17.9. The van der Waals surface area contributed by atoms with E-state index in [2.05, 4.69) is 18.8 Å². The molecule has 162 valence electrons. The van der Waals surface area contributed by atoms with Crippen molar-refractivity contribution in [2.24, 2.45) is 0 Å². The lowest BCUT2D eigenvalue weighted by molar-refractivity contribution is -0.140. The first-order chi connectivity index (χ1) is 15.4. The van der Waals surface area contributed by atoms with Gasteiger partial charge in [-0.15, -0.1) is 0 Å². The number of hydrogen-bond acceptors (Lipinski definition) is 4. The third kappa shape index (κ3) is 4.16. The highest BCUT2D eigenvalue weighted by Crippen LogP contribution is 2.40. The fourth-order valence-electron chi connectivity index (χ4n) is 3.90. The number of hydrogen-bond donors (Lipinski definition) is 1. The van der Waals surface area contributed by atoms with Crippen molar-refractivity contribution in [1.29, 1.82) is 0 Å². The molecular formula is C26H23ClN2O3. The van der Waals surface area contributed by atoms with E-state index in [0.717, 1.165) is 16.7 Å². The van der Waals surface area contributed by atoms with Crippen molar-refractivity contribution in [1.82, 2.24) is 9.88 Å². The van der Waals surface area contributed by atoms with Crippen molar-refractivity contribution >= 4 is 29.1 Å². The molecule has 0 aliphatic carbocycles. The number of likely N-dealkylation sites (tertiary alicyclic amines) is 1. The molecule has 1 saturated heterocycles. The highest BCUT2D eigenvalue weighted by Gasteiger charge is 2.46. The van der Waals surface area contributed by atoms with Gasteiger partial charge in [0.15, 0.2) is 0 Å². The molecule has 1 aliphatic rings. The first kappa shape index (κ1) is 21.8. The number of Topliss-reactive ketones (excluding diaryl/α,β-unsaturated/α-hetero) is 1. The van der Waals surface area contributed by atoms with Gasteiger partial charge in [0.2, 0.25) is 0 Å². The lowest BCUT2D eigenvalue weighted by Gasteiger charge is -2.25. The second-order valence-electron chi connectivity index (χ2n) is 8.12. The van der Waals surface area contributed by atoms with E-state index in [4.69, 9.17) is 11.6 Å². The van der Waals surface area contributed by atoms with Crippen LogP contribution in [-0.2, 0) is 16.1 Å². The molecule has 1 aliphatic heterocycles. The first-order valence-electron chi connectivity index (χ1n) is 10.4. The van der Waals surface area contributed by atoms with Crippen molar-refractivity contribution in [3.63, 3.8) is 0 Å². The predicted molar refractivity (Wildman–Crippen MR) is 124 cm³/mol. The number of amides is 1. The molecule has 0 radical (unpaired) electrons. The Morgan fingerprint density at radius 2 is 1.75 bits per heavy atom. The van der Waals surface area contributed by atoms with Crippen molar-refractivity contribution in [2.75, 3.05) is 0 Å². The molecule has 0 unspecified atom stereocenters. The molecular weight excluding hydrogens is 424 g/mol. The van der Waals surface area contributed by atoms with E-state index >= 15 is 0 Å². The van der Waals surface area contributed by atoms with Crippen LogP contribution < -0.4 is 0 Å². The Morgan fingerprint density at radius 3 is 2.34 bits per heavy atom. The molecule has 32 heavy (non-hydrogen) atoms. The zero-order valence-corrected chi connectivity index (χ0v) is 18.6. The molecule has 2 heterocycles. The van der Waals surface area contributed by atoms with Crippen LogP contribution in [0.3, 0.4) is 0 Å². The van der Waals surface area contributed by atoms with Crippen LogP contribution in [0, 0.1) is 0 Å². The van der Waals surface area contributed by atoms with Gasteiger partial charge in [-0.3, -0.25) is 14.6 Å². The Kier molecular flexibility index (Phi) is 6.10. The molecule has 1 amide bonds. The van der Waals surface area contributed by atoms with Crippen molar-refractivity contribution in [2.45, 2.75) is 32.4 Å². The van der Waals surface area contributed by atoms with Crippen LogP contribution in [-0.4, -0.2) is 26.7 Å². The standard InChI is InChI=1S/C26H23ClN2O3/c1-16(2)18-5-7-19(8-6-18)23-22(24(30)20-9-11-21(27)12-10-20)25(31)26(32)29(23)15-17-4-3-13-28-14-17/h3-14,16,23,30H,15H2,1-2H3/t23-/m0/s1. The first-order valence-corrected chi connectivity index (χ1v) is 10.8. The Morgan fingerprint density at radius 1 is 1.06 bits per heavy atom. The SMILES string of the molecule is CC(C)c1ccc([C@H]2C(=C(O)c3ccc(Cl)cc3)C(=O)C(=O)N2Cc2cccnc2)cc1. The molecule has 4 rings (SSSR count).